The summed E-state index contributed by atoms with van der Waals surface area (Å²) in [4.78, 5) is 0. The van der Waals surface area contributed by atoms with Gasteiger partial charge in [-0.05, 0) is 42.2 Å². The van der Waals surface area contributed by atoms with Crippen LogP contribution in [-0.2, 0) is 6.42 Å². The maximum atomic E-state index is 5.65. The summed E-state index contributed by atoms with van der Waals surface area (Å²) >= 11 is 2.08. The van der Waals surface area contributed by atoms with E-state index in [0.717, 1.165) is 23.3 Å². The number of aryl methyl sites for hydroxylation is 1. The van der Waals surface area contributed by atoms with E-state index < -0.39 is 0 Å². The molecule has 2 heteroatoms. The van der Waals surface area contributed by atoms with Gasteiger partial charge in [0.15, 0.2) is 0 Å². The van der Waals surface area contributed by atoms with Crippen molar-refractivity contribution in [3.63, 3.8) is 0 Å². The molecule has 1 aromatic rings. The van der Waals surface area contributed by atoms with E-state index in [0.29, 0.717) is 0 Å². The number of hydrogen-bond donors (Lipinski definition) is 1. The van der Waals surface area contributed by atoms with E-state index >= 15 is 0 Å². The summed E-state index contributed by atoms with van der Waals surface area (Å²) in [5.74, 6) is 2.03. The van der Waals surface area contributed by atoms with Crippen molar-refractivity contribution >= 4 is 17.4 Å². The molecule has 90 valence electrons. The third-order valence-electron chi connectivity index (χ3n) is 2.91. The second kappa shape index (κ2) is 6.85. The van der Waals surface area contributed by atoms with E-state index in [4.69, 9.17) is 5.73 Å². The number of benzene rings is 1. The molecule has 0 saturated carbocycles. The molecule has 2 N–H and O–H groups in total. The van der Waals surface area contributed by atoms with Gasteiger partial charge in [-0.3, -0.25) is 0 Å². The van der Waals surface area contributed by atoms with Crippen LogP contribution in [-0.4, -0.2) is 11.0 Å². The highest BCUT2D eigenvalue weighted by molar-refractivity contribution is 7.99. The zero-order valence-electron chi connectivity index (χ0n) is 10.6. The molecule has 0 radical (unpaired) electrons. The van der Waals surface area contributed by atoms with Gasteiger partial charge in [0.2, 0.25) is 0 Å². The summed E-state index contributed by atoms with van der Waals surface area (Å²) in [7, 11) is 0. The number of thioether (sulfide) groups is 1. The molecule has 0 aliphatic rings. The van der Waals surface area contributed by atoms with Gasteiger partial charge in [0.25, 0.3) is 0 Å². The molecule has 1 aromatic carbocycles. The molecular weight excluding hydrogens is 214 g/mol. The van der Waals surface area contributed by atoms with Gasteiger partial charge in [0, 0.05) is 10.9 Å². The summed E-state index contributed by atoms with van der Waals surface area (Å²) in [6, 6.07) is 8.23. The molecule has 0 saturated heterocycles. The van der Waals surface area contributed by atoms with Crippen molar-refractivity contribution in [1.29, 1.82) is 0 Å². The minimum absolute atomic E-state index is 0.770. The highest BCUT2D eigenvalue weighted by atomic mass is 32.2. The molecule has 0 spiro atoms. The molecule has 0 bridgehead atoms. The molecule has 0 aliphatic heterocycles. The van der Waals surface area contributed by atoms with Crippen molar-refractivity contribution in [2.45, 2.75) is 38.9 Å². The first kappa shape index (κ1) is 13.4. The lowest BCUT2D eigenvalue weighted by molar-refractivity contribution is 0.641. The van der Waals surface area contributed by atoms with E-state index in [1.165, 1.54) is 17.7 Å². The first-order chi connectivity index (χ1) is 7.59. The summed E-state index contributed by atoms with van der Waals surface area (Å²) in [5, 5.41) is 0.770. The van der Waals surface area contributed by atoms with E-state index in [2.05, 4.69) is 44.7 Å². The molecule has 1 nitrogen and oxygen atoms in total. The van der Waals surface area contributed by atoms with Crippen molar-refractivity contribution in [2.24, 2.45) is 5.92 Å². The fourth-order valence-electron chi connectivity index (χ4n) is 1.42. The molecule has 0 heterocycles. The lowest BCUT2D eigenvalue weighted by Gasteiger charge is -2.14. The lowest BCUT2D eigenvalue weighted by atomic mass is 10.1. The Bertz CT molecular complexity index is 292. The second-order valence-electron chi connectivity index (χ2n) is 4.67. The van der Waals surface area contributed by atoms with Gasteiger partial charge in [-0.2, -0.15) is 11.8 Å². The van der Waals surface area contributed by atoms with Gasteiger partial charge >= 0.3 is 0 Å². The highest BCUT2D eigenvalue weighted by Gasteiger charge is 2.06. The van der Waals surface area contributed by atoms with Crippen LogP contribution in [0.4, 0.5) is 5.69 Å². The van der Waals surface area contributed by atoms with Gasteiger partial charge in [0.1, 0.15) is 0 Å². The van der Waals surface area contributed by atoms with Gasteiger partial charge in [-0.15, -0.1) is 0 Å². The Labute approximate surface area is 104 Å². The molecule has 1 unspecified atom stereocenters. The molecule has 0 aromatic heterocycles. The summed E-state index contributed by atoms with van der Waals surface area (Å²) in [6.07, 6.45) is 2.42. The van der Waals surface area contributed by atoms with Crippen LogP contribution in [0.15, 0.2) is 24.3 Å². The Morgan fingerprint density at radius 2 is 1.75 bits per heavy atom. The largest absolute Gasteiger partial charge is 0.399 e. The number of nitrogens with two attached hydrogens (primary N) is 1. The van der Waals surface area contributed by atoms with E-state index in [9.17, 15) is 0 Å². The SMILES string of the molecule is CC(C)C(C)SCCCc1ccc(N)cc1. The Morgan fingerprint density at radius 1 is 1.12 bits per heavy atom. The monoisotopic (exact) mass is 237 g/mol. The maximum absolute atomic E-state index is 5.65. The van der Waals surface area contributed by atoms with Crippen molar-refractivity contribution in [3.05, 3.63) is 29.8 Å². The van der Waals surface area contributed by atoms with Crippen LogP contribution < -0.4 is 5.73 Å². The van der Waals surface area contributed by atoms with Crippen LogP contribution in [0.1, 0.15) is 32.8 Å². The number of nitrogen functional groups attached to an aromatic ring is 1. The van der Waals surface area contributed by atoms with Crippen molar-refractivity contribution in [1.82, 2.24) is 0 Å². The lowest BCUT2D eigenvalue weighted by Crippen LogP contribution is -2.06. The van der Waals surface area contributed by atoms with Gasteiger partial charge in [-0.1, -0.05) is 32.9 Å². The smallest absolute Gasteiger partial charge is 0.0314 e. The molecule has 1 atom stereocenters. The molecule has 0 amide bonds. The minimum atomic E-state index is 0.770. The zero-order chi connectivity index (χ0) is 12.0. The third kappa shape index (κ3) is 4.93. The quantitative estimate of drug-likeness (QED) is 0.598. The average Bonchev–Trinajstić information content (AvgIpc) is 2.26. The summed E-state index contributed by atoms with van der Waals surface area (Å²) < 4.78 is 0. The van der Waals surface area contributed by atoms with Crippen molar-refractivity contribution in [2.75, 3.05) is 11.5 Å². The van der Waals surface area contributed by atoms with Crippen molar-refractivity contribution in [3.8, 4) is 0 Å². The minimum Gasteiger partial charge on any atom is -0.399 e. The zero-order valence-corrected chi connectivity index (χ0v) is 11.4. The van der Waals surface area contributed by atoms with E-state index in [1.807, 2.05) is 12.1 Å². The molecule has 1 rings (SSSR count). The van der Waals surface area contributed by atoms with Crippen LogP contribution in [0.2, 0.25) is 0 Å². The fraction of sp³-hybridized carbons (Fsp3) is 0.571. The van der Waals surface area contributed by atoms with Crippen LogP contribution in [0.3, 0.4) is 0 Å². The van der Waals surface area contributed by atoms with Crippen molar-refractivity contribution < 1.29 is 0 Å². The summed E-state index contributed by atoms with van der Waals surface area (Å²) in [5.41, 5.74) is 7.90. The average molecular weight is 237 g/mol. The fourth-order valence-corrected chi connectivity index (χ4v) is 2.49. The van der Waals surface area contributed by atoms with Crippen LogP contribution in [0.25, 0.3) is 0 Å². The molecular formula is C14H23NS. The number of anilines is 1. The molecule has 0 fully saturated rings. The maximum Gasteiger partial charge on any atom is 0.0314 e. The van der Waals surface area contributed by atoms with Crippen LogP contribution in [0, 0.1) is 5.92 Å². The second-order valence-corrected chi connectivity index (χ2v) is 6.15. The van der Waals surface area contributed by atoms with Gasteiger partial charge < -0.3 is 5.73 Å². The number of rotatable bonds is 6. The first-order valence-corrected chi connectivity index (χ1v) is 7.10. The van der Waals surface area contributed by atoms with Crippen LogP contribution >= 0.6 is 11.8 Å². The predicted molar refractivity (Wildman–Crippen MR) is 75.9 cm³/mol. The Kier molecular flexibility index (Phi) is 5.75. The number of hydrogen-bond acceptors (Lipinski definition) is 2. The Morgan fingerprint density at radius 3 is 2.31 bits per heavy atom. The van der Waals surface area contributed by atoms with E-state index in [1.54, 1.807) is 0 Å². The Balaban J connectivity index is 2.18. The van der Waals surface area contributed by atoms with Gasteiger partial charge in [0.05, 0.1) is 0 Å². The topological polar surface area (TPSA) is 26.0 Å². The third-order valence-corrected chi connectivity index (χ3v) is 4.50. The summed E-state index contributed by atoms with van der Waals surface area (Å²) in [6.45, 7) is 6.90. The predicted octanol–water partition coefficient (Wildman–Crippen LogP) is 3.98. The van der Waals surface area contributed by atoms with E-state index in [-0.39, 0.29) is 0 Å². The van der Waals surface area contributed by atoms with Crippen LogP contribution in [0.5, 0.6) is 0 Å². The Hall–Kier alpha value is -0.630. The standard InChI is InChI=1S/C14H23NS/c1-11(2)12(3)16-10-4-5-13-6-8-14(15)9-7-13/h6-9,11-12H,4-5,10,15H2,1-3H3. The highest BCUT2D eigenvalue weighted by Crippen LogP contribution is 2.20. The molecule has 0 aliphatic carbocycles. The van der Waals surface area contributed by atoms with Gasteiger partial charge in [-0.25, -0.2) is 0 Å². The molecule has 16 heavy (non-hydrogen) atoms. The normalized spacial score (nSPS) is 13.0. The first-order valence-electron chi connectivity index (χ1n) is 6.05.